The van der Waals surface area contributed by atoms with Gasteiger partial charge in [0, 0.05) is 17.0 Å². The highest BCUT2D eigenvalue weighted by Crippen LogP contribution is 2.24. The van der Waals surface area contributed by atoms with Gasteiger partial charge in [0.05, 0.1) is 18.2 Å². The van der Waals surface area contributed by atoms with Crippen LogP contribution >= 0.6 is 0 Å². The van der Waals surface area contributed by atoms with Crippen LogP contribution in [0.5, 0.6) is 0 Å². The first-order valence-corrected chi connectivity index (χ1v) is 5.14. The van der Waals surface area contributed by atoms with Gasteiger partial charge in [-0.25, -0.2) is 9.97 Å². The lowest BCUT2D eigenvalue weighted by Gasteiger charge is -2.17. The van der Waals surface area contributed by atoms with Gasteiger partial charge in [-0.1, -0.05) is 20.8 Å². The fourth-order valence-electron chi connectivity index (χ4n) is 1.36. The highest BCUT2D eigenvalue weighted by Gasteiger charge is 2.19. The molecule has 0 saturated carbocycles. The summed E-state index contributed by atoms with van der Waals surface area (Å²) in [6, 6.07) is 3.61. The molecule has 2 rings (SSSR count). The molecule has 4 heteroatoms. The molecule has 16 heavy (non-hydrogen) atoms. The molecule has 0 bridgehead atoms. The summed E-state index contributed by atoms with van der Waals surface area (Å²) in [7, 11) is 0. The van der Waals surface area contributed by atoms with E-state index in [0.717, 1.165) is 17.1 Å². The monoisotopic (exact) mass is 217 g/mol. The van der Waals surface area contributed by atoms with Crippen LogP contribution in [0, 0.1) is 0 Å². The number of hydrogen-bond acceptors (Lipinski definition) is 4. The predicted molar refractivity (Wildman–Crippen MR) is 62.8 cm³/mol. The number of nitrogens with zero attached hydrogens (tertiary/aromatic N) is 2. The molecule has 0 unspecified atom stereocenters. The zero-order valence-electron chi connectivity index (χ0n) is 9.69. The van der Waals surface area contributed by atoms with Crippen molar-refractivity contribution in [3.05, 3.63) is 30.5 Å². The van der Waals surface area contributed by atoms with Crippen molar-refractivity contribution in [3.8, 4) is 11.3 Å². The van der Waals surface area contributed by atoms with Gasteiger partial charge in [0.2, 0.25) is 0 Å². The Morgan fingerprint density at radius 2 is 2.00 bits per heavy atom. The summed E-state index contributed by atoms with van der Waals surface area (Å²) >= 11 is 0. The van der Waals surface area contributed by atoms with Gasteiger partial charge in [-0.05, 0) is 6.07 Å². The third-order valence-electron chi connectivity index (χ3n) is 2.23. The molecule has 2 aromatic rings. The Labute approximate surface area is 94.5 Å². The molecule has 0 spiro atoms. The second-order valence-corrected chi connectivity index (χ2v) is 4.76. The molecule has 0 atom stereocenters. The van der Waals surface area contributed by atoms with Crippen LogP contribution in [-0.4, -0.2) is 9.97 Å². The van der Waals surface area contributed by atoms with Gasteiger partial charge in [0.15, 0.2) is 0 Å². The Kier molecular flexibility index (Phi) is 2.42. The summed E-state index contributed by atoms with van der Waals surface area (Å²) in [4.78, 5) is 8.75. The molecule has 0 saturated heterocycles. The average Bonchev–Trinajstić information content (AvgIpc) is 2.68. The number of nitrogen functional groups attached to an aromatic ring is 1. The summed E-state index contributed by atoms with van der Waals surface area (Å²) in [5.41, 5.74) is 7.38. The van der Waals surface area contributed by atoms with Crippen LogP contribution in [0.4, 0.5) is 5.82 Å². The van der Waals surface area contributed by atoms with Crippen molar-refractivity contribution < 1.29 is 4.42 Å². The number of nitrogens with two attached hydrogens (primary N) is 1. The molecule has 0 fully saturated rings. The molecule has 2 heterocycles. The molecule has 0 aliphatic rings. The molecule has 0 aliphatic heterocycles. The molecule has 84 valence electrons. The maximum Gasteiger partial charge on any atom is 0.136 e. The van der Waals surface area contributed by atoms with E-state index in [1.165, 1.54) is 0 Å². The fourth-order valence-corrected chi connectivity index (χ4v) is 1.36. The highest BCUT2D eigenvalue weighted by atomic mass is 16.3. The van der Waals surface area contributed by atoms with Gasteiger partial charge in [0.1, 0.15) is 11.6 Å². The zero-order chi connectivity index (χ0) is 11.8. The number of aromatic nitrogens is 2. The second kappa shape index (κ2) is 3.63. The summed E-state index contributed by atoms with van der Waals surface area (Å²) in [6.07, 6.45) is 3.26. The first kappa shape index (κ1) is 10.7. The number of hydrogen-bond donors (Lipinski definition) is 1. The van der Waals surface area contributed by atoms with Crippen LogP contribution in [0.1, 0.15) is 26.6 Å². The smallest absolute Gasteiger partial charge is 0.136 e. The third kappa shape index (κ3) is 2.05. The van der Waals surface area contributed by atoms with Crippen LogP contribution in [0.15, 0.2) is 29.1 Å². The molecule has 4 nitrogen and oxygen atoms in total. The number of furan rings is 1. The van der Waals surface area contributed by atoms with Gasteiger partial charge in [-0.3, -0.25) is 0 Å². The topological polar surface area (TPSA) is 64.9 Å². The lowest BCUT2D eigenvalue weighted by molar-refractivity contribution is 0.546. The summed E-state index contributed by atoms with van der Waals surface area (Å²) in [5, 5.41) is 0. The Morgan fingerprint density at radius 3 is 2.56 bits per heavy atom. The minimum atomic E-state index is -0.117. The molecule has 2 N–H and O–H groups in total. The second-order valence-electron chi connectivity index (χ2n) is 4.76. The van der Waals surface area contributed by atoms with Crippen molar-refractivity contribution in [1.29, 1.82) is 0 Å². The van der Waals surface area contributed by atoms with Crippen LogP contribution in [0.3, 0.4) is 0 Å². The first-order chi connectivity index (χ1) is 7.47. The third-order valence-corrected chi connectivity index (χ3v) is 2.23. The van der Waals surface area contributed by atoms with E-state index in [1.807, 2.05) is 6.07 Å². The maximum absolute atomic E-state index is 5.78. The summed E-state index contributed by atoms with van der Waals surface area (Å²) in [6.45, 7) is 6.17. The van der Waals surface area contributed by atoms with Crippen molar-refractivity contribution in [1.82, 2.24) is 9.97 Å². The predicted octanol–water partition coefficient (Wildman–Crippen LogP) is 2.62. The molecule has 0 amide bonds. The minimum absolute atomic E-state index is 0.117. The Bertz CT molecular complexity index is 483. The normalized spacial score (nSPS) is 11.7. The van der Waals surface area contributed by atoms with Gasteiger partial charge < -0.3 is 10.2 Å². The van der Waals surface area contributed by atoms with Crippen LogP contribution in [-0.2, 0) is 5.41 Å². The van der Waals surface area contributed by atoms with Crippen LogP contribution in [0.2, 0.25) is 0 Å². The zero-order valence-corrected chi connectivity index (χ0v) is 9.69. The summed E-state index contributed by atoms with van der Waals surface area (Å²) < 4.78 is 5.03. The van der Waals surface area contributed by atoms with Crippen molar-refractivity contribution >= 4 is 5.82 Å². The van der Waals surface area contributed by atoms with Gasteiger partial charge >= 0.3 is 0 Å². The van der Waals surface area contributed by atoms with Gasteiger partial charge in [-0.2, -0.15) is 0 Å². The first-order valence-electron chi connectivity index (χ1n) is 5.14. The molecule has 0 radical (unpaired) electrons. The van der Waals surface area contributed by atoms with Crippen molar-refractivity contribution in [2.75, 3.05) is 5.73 Å². The van der Waals surface area contributed by atoms with Crippen molar-refractivity contribution in [2.24, 2.45) is 0 Å². The van der Waals surface area contributed by atoms with E-state index in [2.05, 4.69) is 30.7 Å². The quantitative estimate of drug-likeness (QED) is 0.797. The molecular weight excluding hydrogens is 202 g/mol. The average molecular weight is 217 g/mol. The van der Waals surface area contributed by atoms with E-state index in [-0.39, 0.29) is 5.41 Å². The van der Waals surface area contributed by atoms with Crippen LogP contribution in [0.25, 0.3) is 11.3 Å². The van der Waals surface area contributed by atoms with E-state index < -0.39 is 0 Å². The van der Waals surface area contributed by atoms with E-state index in [0.29, 0.717) is 5.82 Å². The molecule has 2 aromatic heterocycles. The Hall–Kier alpha value is -1.84. The standard InChI is InChI=1S/C12H15N3O/c1-12(2,3)11-14-9(6-10(13)15-11)8-4-5-16-7-8/h4-7H,1-3H3,(H2,13,14,15). The molecule has 0 aromatic carbocycles. The summed E-state index contributed by atoms with van der Waals surface area (Å²) in [5.74, 6) is 1.22. The van der Waals surface area contributed by atoms with Crippen molar-refractivity contribution in [3.63, 3.8) is 0 Å². The van der Waals surface area contributed by atoms with Gasteiger partial charge in [-0.15, -0.1) is 0 Å². The van der Waals surface area contributed by atoms with Gasteiger partial charge in [0.25, 0.3) is 0 Å². The SMILES string of the molecule is CC(C)(C)c1nc(N)cc(-c2ccoc2)n1. The Morgan fingerprint density at radius 1 is 1.25 bits per heavy atom. The van der Waals surface area contributed by atoms with E-state index in [4.69, 9.17) is 10.2 Å². The maximum atomic E-state index is 5.78. The number of rotatable bonds is 1. The largest absolute Gasteiger partial charge is 0.472 e. The van der Waals surface area contributed by atoms with E-state index in [1.54, 1.807) is 18.6 Å². The van der Waals surface area contributed by atoms with Crippen LogP contribution < -0.4 is 5.73 Å². The lowest BCUT2D eigenvalue weighted by atomic mass is 9.95. The van der Waals surface area contributed by atoms with E-state index >= 15 is 0 Å². The van der Waals surface area contributed by atoms with Crippen molar-refractivity contribution in [2.45, 2.75) is 26.2 Å². The van der Waals surface area contributed by atoms with E-state index in [9.17, 15) is 0 Å². The fraction of sp³-hybridized carbons (Fsp3) is 0.333. The highest BCUT2D eigenvalue weighted by molar-refractivity contribution is 5.60. The lowest BCUT2D eigenvalue weighted by Crippen LogP contribution is -2.17. The molecule has 0 aliphatic carbocycles. The minimum Gasteiger partial charge on any atom is -0.472 e. The number of anilines is 1. The Balaban J connectivity index is 2.53. The molecular formula is C12H15N3O.